The molecule has 1 amide bonds. The molecule has 0 spiro atoms. The summed E-state index contributed by atoms with van der Waals surface area (Å²) in [6.07, 6.45) is 2.57. The molecule has 150 valence electrons. The number of carbonyl (C=O) groups is 1. The lowest BCUT2D eigenvalue weighted by atomic mass is 10.00. The van der Waals surface area contributed by atoms with Crippen molar-refractivity contribution in [3.63, 3.8) is 0 Å². The maximum Gasteiger partial charge on any atom is 0.276 e. The summed E-state index contributed by atoms with van der Waals surface area (Å²) in [5.74, 6) is 0.413. The summed E-state index contributed by atoms with van der Waals surface area (Å²) in [5.41, 5.74) is 1.88. The molecule has 1 atom stereocenters. The molecule has 7 heteroatoms. The van der Waals surface area contributed by atoms with Crippen LogP contribution < -0.4 is 10.9 Å². The van der Waals surface area contributed by atoms with Crippen molar-refractivity contribution in [3.8, 4) is 0 Å². The highest BCUT2D eigenvalue weighted by Crippen LogP contribution is 2.19. The van der Waals surface area contributed by atoms with E-state index in [1.165, 1.54) is 35.2 Å². The second-order valence-corrected chi connectivity index (χ2v) is 7.41. The highest BCUT2D eigenvalue weighted by molar-refractivity contribution is 6.02. The molecule has 1 fully saturated rings. The van der Waals surface area contributed by atoms with Gasteiger partial charge in [-0.05, 0) is 49.1 Å². The van der Waals surface area contributed by atoms with E-state index in [1.54, 1.807) is 7.11 Å². The normalized spacial score (nSPS) is 17.4. The van der Waals surface area contributed by atoms with E-state index in [4.69, 9.17) is 4.74 Å². The zero-order valence-corrected chi connectivity index (χ0v) is 16.6. The molecular formula is C21H28N4O3. The average molecular weight is 384 g/mol. The van der Waals surface area contributed by atoms with Crippen molar-refractivity contribution in [3.05, 3.63) is 58.0 Å². The fourth-order valence-electron chi connectivity index (χ4n) is 3.49. The fourth-order valence-corrected chi connectivity index (χ4v) is 3.49. The predicted molar refractivity (Wildman–Crippen MR) is 108 cm³/mol. The predicted octanol–water partition coefficient (Wildman–Crippen LogP) is 2.37. The number of likely N-dealkylation sites (tertiary alicyclic amines) is 1. The van der Waals surface area contributed by atoms with Gasteiger partial charge in [-0.15, -0.1) is 0 Å². The number of amides is 1. The van der Waals surface area contributed by atoms with Crippen LogP contribution in [0.5, 0.6) is 0 Å². The van der Waals surface area contributed by atoms with E-state index in [-0.39, 0.29) is 17.2 Å². The van der Waals surface area contributed by atoms with E-state index >= 15 is 0 Å². The van der Waals surface area contributed by atoms with Crippen LogP contribution in [0, 0.1) is 5.92 Å². The van der Waals surface area contributed by atoms with Crippen LogP contribution in [0.25, 0.3) is 0 Å². The van der Waals surface area contributed by atoms with E-state index in [0.29, 0.717) is 18.8 Å². The Morgan fingerprint density at radius 1 is 1.25 bits per heavy atom. The summed E-state index contributed by atoms with van der Waals surface area (Å²) in [6.45, 7) is 6.19. The van der Waals surface area contributed by atoms with Gasteiger partial charge in [0.05, 0.1) is 13.2 Å². The van der Waals surface area contributed by atoms with E-state index in [9.17, 15) is 9.59 Å². The topological polar surface area (TPSA) is 76.5 Å². The highest BCUT2D eigenvalue weighted by Gasteiger charge is 2.16. The number of piperidine rings is 1. The maximum absolute atomic E-state index is 12.5. The summed E-state index contributed by atoms with van der Waals surface area (Å²) < 4.78 is 6.20. The van der Waals surface area contributed by atoms with Crippen LogP contribution in [-0.4, -0.2) is 47.4 Å². The van der Waals surface area contributed by atoms with Gasteiger partial charge in [-0.1, -0.05) is 19.1 Å². The number of aromatic nitrogens is 2. The molecule has 28 heavy (non-hydrogen) atoms. The zero-order chi connectivity index (χ0) is 19.9. The van der Waals surface area contributed by atoms with E-state index in [0.717, 1.165) is 25.6 Å². The molecular weight excluding hydrogens is 356 g/mol. The Morgan fingerprint density at radius 3 is 2.75 bits per heavy atom. The third-order valence-electron chi connectivity index (χ3n) is 4.97. The van der Waals surface area contributed by atoms with Crippen LogP contribution in [0.2, 0.25) is 0 Å². The number of methoxy groups -OCH3 is 1. The number of anilines is 1. The minimum Gasteiger partial charge on any atom is -0.383 e. The number of ether oxygens (including phenoxy) is 1. The summed E-state index contributed by atoms with van der Waals surface area (Å²) in [4.78, 5) is 26.7. The second-order valence-electron chi connectivity index (χ2n) is 7.41. The smallest absolute Gasteiger partial charge is 0.276 e. The van der Waals surface area contributed by atoms with Crippen molar-refractivity contribution in [2.75, 3.05) is 32.1 Å². The van der Waals surface area contributed by atoms with Crippen LogP contribution >= 0.6 is 0 Å². The van der Waals surface area contributed by atoms with Crippen LogP contribution in [0.15, 0.2) is 41.2 Å². The SMILES string of the molecule is COCCn1nc(C(=O)Nc2ccc(CN3CCC[C@H](C)C3)cc2)ccc1=O. The Bertz CT molecular complexity index is 847. The van der Waals surface area contributed by atoms with Crippen molar-refractivity contribution < 1.29 is 9.53 Å². The minimum absolute atomic E-state index is 0.196. The molecule has 1 aliphatic rings. The highest BCUT2D eigenvalue weighted by atomic mass is 16.5. The fraction of sp³-hybridized carbons (Fsp3) is 0.476. The molecule has 0 aliphatic carbocycles. The van der Waals surface area contributed by atoms with Crippen LogP contribution in [0.1, 0.15) is 35.8 Å². The molecule has 0 radical (unpaired) electrons. The quantitative estimate of drug-likeness (QED) is 0.793. The molecule has 1 saturated heterocycles. The Labute approximate surface area is 165 Å². The van der Waals surface area contributed by atoms with Gasteiger partial charge in [0.2, 0.25) is 0 Å². The number of hydrogen-bond donors (Lipinski definition) is 1. The first-order valence-electron chi connectivity index (χ1n) is 9.75. The molecule has 1 aliphatic heterocycles. The number of hydrogen-bond acceptors (Lipinski definition) is 5. The van der Waals surface area contributed by atoms with Crippen molar-refractivity contribution in [1.29, 1.82) is 0 Å². The molecule has 2 heterocycles. The Kier molecular flexibility index (Phi) is 6.95. The average Bonchev–Trinajstić information content (AvgIpc) is 2.69. The van der Waals surface area contributed by atoms with Crippen molar-refractivity contribution in [2.24, 2.45) is 5.92 Å². The van der Waals surface area contributed by atoms with Gasteiger partial charge in [-0.2, -0.15) is 5.10 Å². The largest absolute Gasteiger partial charge is 0.383 e. The van der Waals surface area contributed by atoms with Crippen LogP contribution in [0.3, 0.4) is 0 Å². The molecule has 1 N–H and O–H groups in total. The third kappa shape index (κ3) is 5.50. The van der Waals surface area contributed by atoms with Gasteiger partial charge >= 0.3 is 0 Å². The first-order valence-corrected chi connectivity index (χ1v) is 9.75. The van der Waals surface area contributed by atoms with E-state index in [1.807, 2.05) is 24.3 Å². The second kappa shape index (κ2) is 9.61. The van der Waals surface area contributed by atoms with Gasteiger partial charge in [-0.3, -0.25) is 14.5 Å². The van der Waals surface area contributed by atoms with Crippen LogP contribution in [-0.2, 0) is 17.8 Å². The third-order valence-corrected chi connectivity index (χ3v) is 4.97. The molecule has 0 bridgehead atoms. The molecule has 3 rings (SSSR count). The van der Waals surface area contributed by atoms with E-state index in [2.05, 4.69) is 22.2 Å². The standard InChI is InChI=1S/C21H28N4O3/c1-16-4-3-11-24(14-16)15-17-5-7-18(8-6-17)22-21(27)19-9-10-20(26)25(23-19)12-13-28-2/h5-10,16H,3-4,11-15H2,1-2H3,(H,22,27)/t16-/m0/s1. The number of nitrogens with one attached hydrogen (secondary N) is 1. The van der Waals surface area contributed by atoms with Gasteiger partial charge in [0.15, 0.2) is 0 Å². The Morgan fingerprint density at radius 2 is 2.04 bits per heavy atom. The molecule has 1 aromatic carbocycles. The van der Waals surface area contributed by atoms with Crippen LogP contribution in [0.4, 0.5) is 5.69 Å². The van der Waals surface area contributed by atoms with Crippen molar-refractivity contribution in [1.82, 2.24) is 14.7 Å². The number of rotatable bonds is 7. The number of benzene rings is 1. The maximum atomic E-state index is 12.5. The molecule has 1 aromatic heterocycles. The lowest BCUT2D eigenvalue weighted by Gasteiger charge is -2.30. The van der Waals surface area contributed by atoms with E-state index < -0.39 is 0 Å². The molecule has 0 unspecified atom stereocenters. The zero-order valence-electron chi connectivity index (χ0n) is 16.6. The van der Waals surface area contributed by atoms with Crippen molar-refractivity contribution in [2.45, 2.75) is 32.9 Å². The number of nitrogens with zero attached hydrogens (tertiary/aromatic N) is 3. The molecule has 0 saturated carbocycles. The van der Waals surface area contributed by atoms with Gasteiger partial charge in [0.1, 0.15) is 5.69 Å². The van der Waals surface area contributed by atoms with Gasteiger partial charge < -0.3 is 10.1 Å². The van der Waals surface area contributed by atoms with Gasteiger partial charge in [0.25, 0.3) is 11.5 Å². The Hall–Kier alpha value is -2.51. The lowest BCUT2D eigenvalue weighted by molar-refractivity contribution is 0.101. The first-order chi connectivity index (χ1) is 13.5. The summed E-state index contributed by atoms with van der Waals surface area (Å²) in [5, 5.41) is 6.95. The molecule has 2 aromatic rings. The monoisotopic (exact) mass is 384 g/mol. The Balaban J connectivity index is 1.60. The minimum atomic E-state index is -0.344. The summed E-state index contributed by atoms with van der Waals surface area (Å²) in [7, 11) is 1.55. The van der Waals surface area contributed by atoms with Gasteiger partial charge in [-0.25, -0.2) is 4.68 Å². The summed E-state index contributed by atoms with van der Waals surface area (Å²) in [6, 6.07) is 10.7. The van der Waals surface area contributed by atoms with Gasteiger partial charge in [0, 0.05) is 32.0 Å². The lowest BCUT2D eigenvalue weighted by Crippen LogP contribution is -2.33. The number of carbonyl (C=O) groups excluding carboxylic acids is 1. The first kappa shape index (κ1) is 20.2. The molecule has 7 nitrogen and oxygen atoms in total. The summed E-state index contributed by atoms with van der Waals surface area (Å²) >= 11 is 0. The van der Waals surface area contributed by atoms with Crippen molar-refractivity contribution >= 4 is 11.6 Å².